The van der Waals surface area contributed by atoms with Gasteiger partial charge in [0.15, 0.2) is 0 Å². The maximum atomic E-state index is 12.6. The maximum Gasteiger partial charge on any atom is 0.293 e. The topological polar surface area (TPSA) is 105 Å². The lowest BCUT2D eigenvalue weighted by Crippen LogP contribution is -2.22. The summed E-state index contributed by atoms with van der Waals surface area (Å²) in [6, 6.07) is 17.8. The molecule has 0 unspecified atom stereocenters. The Hall–Kier alpha value is -3.46. The molecule has 0 bridgehead atoms. The zero-order chi connectivity index (χ0) is 20.9. The highest BCUT2D eigenvalue weighted by Gasteiger charge is 2.23. The van der Waals surface area contributed by atoms with Crippen LogP contribution in [-0.4, -0.2) is 31.9 Å². The van der Waals surface area contributed by atoms with E-state index >= 15 is 0 Å². The molecule has 0 spiro atoms. The van der Waals surface area contributed by atoms with Crippen LogP contribution in [0.4, 0.5) is 17.1 Å². The number of sulfonamides is 1. The van der Waals surface area contributed by atoms with Gasteiger partial charge < -0.3 is 4.90 Å². The molecule has 0 radical (unpaired) electrons. The third-order valence-corrected chi connectivity index (χ3v) is 5.70. The number of aromatic nitrogens is 1. The largest absolute Gasteiger partial charge is 0.369 e. The average molecular weight is 412 g/mol. The van der Waals surface area contributed by atoms with Crippen molar-refractivity contribution in [2.75, 3.05) is 23.2 Å². The molecule has 0 atom stereocenters. The van der Waals surface area contributed by atoms with Crippen molar-refractivity contribution in [3.05, 3.63) is 88.7 Å². The molecule has 1 aromatic heterocycles. The second-order valence-electron chi connectivity index (χ2n) is 6.37. The van der Waals surface area contributed by atoms with Crippen LogP contribution in [-0.2, 0) is 16.4 Å². The van der Waals surface area contributed by atoms with Crippen LogP contribution in [0.25, 0.3) is 0 Å². The lowest BCUT2D eigenvalue weighted by Gasteiger charge is -2.19. The summed E-state index contributed by atoms with van der Waals surface area (Å²) in [6.07, 6.45) is 2.29. The van der Waals surface area contributed by atoms with Crippen LogP contribution in [0, 0.1) is 10.1 Å². The van der Waals surface area contributed by atoms with E-state index in [1.807, 2.05) is 18.2 Å². The van der Waals surface area contributed by atoms with Crippen molar-refractivity contribution in [2.24, 2.45) is 0 Å². The lowest BCUT2D eigenvalue weighted by atomic mass is 10.2. The average Bonchev–Trinajstić information content (AvgIpc) is 2.72. The van der Waals surface area contributed by atoms with Crippen molar-refractivity contribution < 1.29 is 13.3 Å². The van der Waals surface area contributed by atoms with Gasteiger partial charge in [-0.3, -0.25) is 19.8 Å². The molecule has 0 aliphatic carbocycles. The van der Waals surface area contributed by atoms with E-state index in [2.05, 4.69) is 9.71 Å². The first-order chi connectivity index (χ1) is 13.9. The van der Waals surface area contributed by atoms with E-state index in [4.69, 9.17) is 0 Å². The van der Waals surface area contributed by atoms with E-state index in [1.54, 1.807) is 48.5 Å². The fourth-order valence-corrected chi connectivity index (χ4v) is 3.89. The van der Waals surface area contributed by atoms with Gasteiger partial charge >= 0.3 is 0 Å². The molecule has 29 heavy (non-hydrogen) atoms. The van der Waals surface area contributed by atoms with Gasteiger partial charge in [0.25, 0.3) is 15.7 Å². The van der Waals surface area contributed by atoms with Crippen LogP contribution in [0.1, 0.15) is 5.69 Å². The van der Waals surface area contributed by atoms with Gasteiger partial charge in [-0.15, -0.1) is 0 Å². The van der Waals surface area contributed by atoms with Crippen LogP contribution in [0.2, 0.25) is 0 Å². The van der Waals surface area contributed by atoms with E-state index < -0.39 is 14.9 Å². The first kappa shape index (κ1) is 20.3. The Labute approximate surface area is 169 Å². The number of nitro benzene ring substituents is 1. The van der Waals surface area contributed by atoms with Crippen LogP contribution in [0.3, 0.4) is 0 Å². The summed E-state index contributed by atoms with van der Waals surface area (Å²) in [7, 11) is -2.23. The molecule has 1 heterocycles. The normalized spacial score (nSPS) is 11.1. The van der Waals surface area contributed by atoms with Crippen LogP contribution in [0.15, 0.2) is 77.8 Å². The zero-order valence-electron chi connectivity index (χ0n) is 15.7. The number of para-hydroxylation sites is 1. The molecule has 150 valence electrons. The van der Waals surface area contributed by atoms with Gasteiger partial charge in [-0.25, -0.2) is 8.42 Å². The zero-order valence-corrected chi connectivity index (χ0v) is 16.5. The molecule has 1 N–H and O–H groups in total. The minimum absolute atomic E-state index is 0.171. The number of nitro groups is 1. The smallest absolute Gasteiger partial charge is 0.293 e. The van der Waals surface area contributed by atoms with E-state index in [0.29, 0.717) is 24.3 Å². The summed E-state index contributed by atoms with van der Waals surface area (Å²) < 4.78 is 27.6. The molecule has 0 aliphatic heterocycles. The molecule has 0 fully saturated rings. The molecule has 9 heteroatoms. The fraction of sp³-hybridized carbons (Fsp3) is 0.150. The van der Waals surface area contributed by atoms with E-state index in [1.165, 1.54) is 12.1 Å². The Morgan fingerprint density at radius 3 is 2.45 bits per heavy atom. The molecule has 2 aromatic carbocycles. The SMILES string of the molecule is CN(CCc1ccccn1)c1ccc(S(=O)(=O)Nc2ccccc2)cc1[N+](=O)[O-]. The molecule has 0 aliphatic rings. The predicted molar refractivity (Wildman–Crippen MR) is 112 cm³/mol. The van der Waals surface area contributed by atoms with Crippen molar-refractivity contribution in [2.45, 2.75) is 11.3 Å². The van der Waals surface area contributed by atoms with Gasteiger partial charge in [0.1, 0.15) is 5.69 Å². The summed E-state index contributed by atoms with van der Waals surface area (Å²) in [5.74, 6) is 0. The third-order valence-electron chi connectivity index (χ3n) is 4.32. The second-order valence-corrected chi connectivity index (χ2v) is 8.05. The second kappa shape index (κ2) is 8.70. The number of rotatable bonds is 8. The van der Waals surface area contributed by atoms with Crippen molar-refractivity contribution in [1.82, 2.24) is 4.98 Å². The summed E-state index contributed by atoms with van der Waals surface area (Å²) >= 11 is 0. The highest BCUT2D eigenvalue weighted by molar-refractivity contribution is 7.92. The van der Waals surface area contributed by atoms with Gasteiger partial charge in [-0.1, -0.05) is 24.3 Å². The Kier molecular flexibility index (Phi) is 6.08. The van der Waals surface area contributed by atoms with E-state index in [9.17, 15) is 18.5 Å². The fourth-order valence-electron chi connectivity index (χ4n) is 2.81. The predicted octanol–water partition coefficient (Wildman–Crippen LogP) is 3.47. The summed E-state index contributed by atoms with van der Waals surface area (Å²) in [5.41, 5.74) is 1.31. The standard InChI is InChI=1S/C20H20N4O4S/c1-23(14-12-16-7-5-6-13-21-16)19-11-10-18(15-20(19)24(25)26)29(27,28)22-17-8-3-2-4-9-17/h2-11,13,15,22H,12,14H2,1H3. The van der Waals surface area contributed by atoms with Gasteiger partial charge in [0.05, 0.1) is 9.82 Å². The summed E-state index contributed by atoms with van der Waals surface area (Å²) in [5, 5.41) is 11.6. The van der Waals surface area contributed by atoms with E-state index in [-0.39, 0.29) is 10.6 Å². The number of nitrogens with one attached hydrogen (secondary N) is 1. The molecule has 3 rings (SSSR count). The lowest BCUT2D eigenvalue weighted by molar-refractivity contribution is -0.384. The molecule has 0 saturated heterocycles. The van der Waals surface area contributed by atoms with Crippen molar-refractivity contribution in [3.63, 3.8) is 0 Å². The van der Waals surface area contributed by atoms with Crippen molar-refractivity contribution in [3.8, 4) is 0 Å². The monoisotopic (exact) mass is 412 g/mol. The molecular weight excluding hydrogens is 392 g/mol. The molecule has 8 nitrogen and oxygen atoms in total. The number of benzene rings is 2. The molecule has 0 saturated carbocycles. The quantitative estimate of drug-likeness (QED) is 0.449. The van der Waals surface area contributed by atoms with Gasteiger partial charge in [0, 0.05) is 43.7 Å². The molecule has 3 aromatic rings. The number of pyridine rings is 1. The Morgan fingerprint density at radius 2 is 1.79 bits per heavy atom. The Morgan fingerprint density at radius 1 is 1.07 bits per heavy atom. The number of hydrogen-bond donors (Lipinski definition) is 1. The van der Waals surface area contributed by atoms with Gasteiger partial charge in [0.2, 0.25) is 0 Å². The minimum Gasteiger partial charge on any atom is -0.369 e. The number of anilines is 2. The maximum absolute atomic E-state index is 12.6. The highest BCUT2D eigenvalue weighted by atomic mass is 32.2. The van der Waals surface area contributed by atoms with Crippen LogP contribution in [0.5, 0.6) is 0 Å². The number of hydrogen-bond acceptors (Lipinski definition) is 6. The first-order valence-corrected chi connectivity index (χ1v) is 10.3. The molecular formula is C20H20N4O4S. The molecule has 0 amide bonds. The van der Waals surface area contributed by atoms with Crippen molar-refractivity contribution >= 4 is 27.1 Å². The highest BCUT2D eigenvalue weighted by Crippen LogP contribution is 2.31. The van der Waals surface area contributed by atoms with Crippen LogP contribution >= 0.6 is 0 Å². The summed E-state index contributed by atoms with van der Waals surface area (Å²) in [6.45, 7) is 0.492. The minimum atomic E-state index is -3.95. The van der Waals surface area contributed by atoms with Gasteiger partial charge in [-0.05, 0) is 36.4 Å². The third kappa shape index (κ3) is 5.08. The van der Waals surface area contributed by atoms with Gasteiger partial charge in [-0.2, -0.15) is 0 Å². The summed E-state index contributed by atoms with van der Waals surface area (Å²) in [4.78, 5) is 16.8. The van der Waals surface area contributed by atoms with Crippen molar-refractivity contribution in [1.29, 1.82) is 0 Å². The first-order valence-electron chi connectivity index (χ1n) is 8.84. The Balaban J connectivity index is 1.84. The Bertz CT molecular complexity index is 1090. The number of likely N-dealkylation sites (N-methyl/N-ethyl adjacent to an activating group) is 1. The number of nitrogens with zero attached hydrogens (tertiary/aromatic N) is 3. The van der Waals surface area contributed by atoms with E-state index in [0.717, 1.165) is 11.8 Å². The van der Waals surface area contributed by atoms with Crippen LogP contribution < -0.4 is 9.62 Å².